The number of para-hydroxylation sites is 3. The number of aromatic nitrogens is 3. The number of hydrogen-bond acceptors (Lipinski definition) is 3. The van der Waals surface area contributed by atoms with E-state index in [9.17, 15) is 0 Å². The van der Waals surface area contributed by atoms with Crippen LogP contribution in [0.2, 0.25) is 0 Å². The molecule has 3 aromatic heterocycles. The second kappa shape index (κ2) is 10.3. The number of nitrogens with zero attached hydrogens (tertiary/aromatic N) is 3. The average Bonchev–Trinajstić information content (AvgIpc) is 3.80. The lowest BCUT2D eigenvalue weighted by molar-refractivity contribution is 0.660. The standard InChI is InChI=1S/C47H31N3O/c1-47(2)36-19-7-3-14-31(36)43-29(17-11-20-37(43)47)28-25-26-40-35(27-28)30-13-5-9-22-39(30)50(40)46-48-38-21-8-4-15-32(38)45(49-46)34-18-12-24-42-44(34)33-16-6-10-23-41(33)51-42/h3-27H,1-2H3. The van der Waals surface area contributed by atoms with Gasteiger partial charge in [-0.15, -0.1) is 0 Å². The molecule has 1 aliphatic carbocycles. The van der Waals surface area contributed by atoms with Gasteiger partial charge in [0.15, 0.2) is 0 Å². The van der Waals surface area contributed by atoms with E-state index in [1.807, 2.05) is 24.3 Å². The monoisotopic (exact) mass is 653 g/mol. The van der Waals surface area contributed by atoms with E-state index < -0.39 is 0 Å². The van der Waals surface area contributed by atoms with Crippen molar-refractivity contribution in [2.24, 2.45) is 0 Å². The molecule has 0 fully saturated rings. The highest BCUT2D eigenvalue weighted by atomic mass is 16.3. The van der Waals surface area contributed by atoms with Crippen LogP contribution in [0.1, 0.15) is 25.0 Å². The highest BCUT2D eigenvalue weighted by Gasteiger charge is 2.36. The fraction of sp³-hybridized carbons (Fsp3) is 0.0638. The summed E-state index contributed by atoms with van der Waals surface area (Å²) >= 11 is 0. The van der Waals surface area contributed by atoms with Crippen molar-refractivity contribution in [3.8, 4) is 39.5 Å². The second-order valence-electron chi connectivity index (χ2n) is 14.1. The summed E-state index contributed by atoms with van der Waals surface area (Å²) in [4.78, 5) is 10.7. The van der Waals surface area contributed by atoms with Gasteiger partial charge in [0, 0.05) is 37.9 Å². The van der Waals surface area contributed by atoms with Crippen LogP contribution in [0.4, 0.5) is 0 Å². The summed E-state index contributed by atoms with van der Waals surface area (Å²) < 4.78 is 8.53. The van der Waals surface area contributed by atoms with Crippen LogP contribution in [0.5, 0.6) is 0 Å². The molecule has 0 spiro atoms. The minimum absolute atomic E-state index is 0.0553. The van der Waals surface area contributed by atoms with Gasteiger partial charge in [-0.3, -0.25) is 4.57 Å². The normalized spacial score (nSPS) is 13.5. The van der Waals surface area contributed by atoms with E-state index >= 15 is 0 Å². The molecule has 0 saturated heterocycles. The van der Waals surface area contributed by atoms with Gasteiger partial charge < -0.3 is 4.42 Å². The molecule has 240 valence electrons. The van der Waals surface area contributed by atoms with Crippen LogP contribution >= 0.6 is 0 Å². The molecular formula is C47H31N3O. The molecule has 0 aliphatic heterocycles. The molecule has 0 radical (unpaired) electrons. The van der Waals surface area contributed by atoms with Gasteiger partial charge in [-0.1, -0.05) is 129 Å². The lowest BCUT2D eigenvalue weighted by Crippen LogP contribution is -2.14. The highest BCUT2D eigenvalue weighted by molar-refractivity contribution is 6.15. The van der Waals surface area contributed by atoms with Crippen LogP contribution in [0.15, 0.2) is 156 Å². The van der Waals surface area contributed by atoms with Gasteiger partial charge in [0.2, 0.25) is 5.95 Å². The summed E-state index contributed by atoms with van der Waals surface area (Å²) in [5.74, 6) is 0.642. The first kappa shape index (κ1) is 28.3. The third-order valence-corrected chi connectivity index (χ3v) is 11.0. The highest BCUT2D eigenvalue weighted by Crippen LogP contribution is 2.52. The lowest BCUT2D eigenvalue weighted by Gasteiger charge is -2.21. The van der Waals surface area contributed by atoms with Crippen molar-refractivity contribution < 1.29 is 4.42 Å². The van der Waals surface area contributed by atoms with Crippen LogP contribution in [-0.4, -0.2) is 14.5 Å². The van der Waals surface area contributed by atoms with Crippen molar-refractivity contribution in [2.75, 3.05) is 0 Å². The molecule has 7 aromatic carbocycles. The lowest BCUT2D eigenvalue weighted by atomic mass is 9.82. The van der Waals surface area contributed by atoms with Gasteiger partial charge in [0.1, 0.15) is 11.2 Å². The number of rotatable bonds is 3. The quantitative estimate of drug-likeness (QED) is 0.191. The molecule has 11 rings (SSSR count). The van der Waals surface area contributed by atoms with E-state index in [0.29, 0.717) is 5.95 Å². The Kier molecular flexibility index (Phi) is 5.70. The average molecular weight is 654 g/mol. The zero-order chi connectivity index (χ0) is 33.8. The molecule has 4 nitrogen and oxygen atoms in total. The molecule has 0 amide bonds. The van der Waals surface area contributed by atoms with E-state index in [4.69, 9.17) is 14.4 Å². The maximum atomic E-state index is 6.30. The Labute approximate surface area is 294 Å². The van der Waals surface area contributed by atoms with Crippen molar-refractivity contribution in [2.45, 2.75) is 19.3 Å². The molecule has 0 bridgehead atoms. The molecule has 51 heavy (non-hydrogen) atoms. The number of benzene rings is 7. The van der Waals surface area contributed by atoms with Crippen molar-refractivity contribution in [3.63, 3.8) is 0 Å². The number of furan rings is 1. The van der Waals surface area contributed by atoms with Crippen LogP contribution in [-0.2, 0) is 5.41 Å². The minimum atomic E-state index is -0.0553. The summed E-state index contributed by atoms with van der Waals surface area (Å²) in [5.41, 5.74) is 14.5. The van der Waals surface area contributed by atoms with E-state index in [0.717, 1.165) is 55.1 Å². The van der Waals surface area contributed by atoms with E-state index in [1.165, 1.54) is 44.2 Å². The Morgan fingerprint density at radius 1 is 0.510 bits per heavy atom. The third-order valence-electron chi connectivity index (χ3n) is 11.0. The fourth-order valence-electron chi connectivity index (χ4n) is 8.69. The largest absolute Gasteiger partial charge is 0.456 e. The predicted molar refractivity (Wildman–Crippen MR) is 210 cm³/mol. The molecule has 1 aliphatic rings. The maximum Gasteiger partial charge on any atom is 0.235 e. The molecule has 4 heteroatoms. The van der Waals surface area contributed by atoms with Gasteiger partial charge >= 0.3 is 0 Å². The molecule has 3 heterocycles. The predicted octanol–water partition coefficient (Wildman–Crippen LogP) is 12.3. The number of fused-ring (bicyclic) bond motifs is 10. The Morgan fingerprint density at radius 3 is 2.10 bits per heavy atom. The van der Waals surface area contributed by atoms with Gasteiger partial charge in [0.25, 0.3) is 0 Å². The van der Waals surface area contributed by atoms with Crippen molar-refractivity contribution in [1.29, 1.82) is 0 Å². The summed E-state index contributed by atoms with van der Waals surface area (Å²) in [6, 6.07) is 53.9. The summed E-state index contributed by atoms with van der Waals surface area (Å²) in [6.45, 7) is 4.68. The SMILES string of the molecule is CC1(C)c2ccccc2-c2c(-c3ccc4c(c3)c3ccccc3n4-c3nc(-c4cccc5oc6ccccc6c45)c4ccccc4n3)cccc21. The smallest absolute Gasteiger partial charge is 0.235 e. The van der Waals surface area contributed by atoms with Gasteiger partial charge in [0.05, 0.1) is 22.2 Å². The first-order valence-corrected chi connectivity index (χ1v) is 17.5. The van der Waals surface area contributed by atoms with Gasteiger partial charge in [-0.25, -0.2) is 9.97 Å². The Morgan fingerprint density at radius 2 is 1.18 bits per heavy atom. The van der Waals surface area contributed by atoms with Gasteiger partial charge in [-0.05, 0) is 69.8 Å². The van der Waals surface area contributed by atoms with Crippen molar-refractivity contribution in [1.82, 2.24) is 14.5 Å². The van der Waals surface area contributed by atoms with Crippen LogP contribution in [0.3, 0.4) is 0 Å². The summed E-state index contributed by atoms with van der Waals surface area (Å²) in [6.07, 6.45) is 0. The molecule has 0 saturated carbocycles. The van der Waals surface area contributed by atoms with Crippen molar-refractivity contribution >= 4 is 54.6 Å². The number of hydrogen-bond donors (Lipinski definition) is 0. The molecule has 0 N–H and O–H groups in total. The fourth-order valence-corrected chi connectivity index (χ4v) is 8.69. The maximum absolute atomic E-state index is 6.30. The topological polar surface area (TPSA) is 43.9 Å². The van der Waals surface area contributed by atoms with Crippen LogP contribution < -0.4 is 0 Å². The molecule has 10 aromatic rings. The zero-order valence-electron chi connectivity index (χ0n) is 28.2. The molecular weight excluding hydrogens is 623 g/mol. The van der Waals surface area contributed by atoms with Crippen LogP contribution in [0, 0.1) is 0 Å². The first-order chi connectivity index (χ1) is 25.1. The first-order valence-electron chi connectivity index (χ1n) is 17.5. The van der Waals surface area contributed by atoms with Crippen LogP contribution in [0.25, 0.3) is 94.1 Å². The molecule has 0 atom stereocenters. The Hall–Kier alpha value is -6.52. The van der Waals surface area contributed by atoms with E-state index in [1.54, 1.807) is 0 Å². The van der Waals surface area contributed by atoms with E-state index in [2.05, 4.69) is 146 Å². The van der Waals surface area contributed by atoms with E-state index in [-0.39, 0.29) is 5.41 Å². The van der Waals surface area contributed by atoms with Crippen molar-refractivity contribution in [3.05, 3.63) is 163 Å². The second-order valence-corrected chi connectivity index (χ2v) is 14.1. The summed E-state index contributed by atoms with van der Waals surface area (Å²) in [5, 5.41) is 5.49. The summed E-state index contributed by atoms with van der Waals surface area (Å²) in [7, 11) is 0. The Balaban J connectivity index is 1.17. The third kappa shape index (κ3) is 3.90. The minimum Gasteiger partial charge on any atom is -0.456 e. The van der Waals surface area contributed by atoms with Gasteiger partial charge in [-0.2, -0.15) is 0 Å². The zero-order valence-corrected chi connectivity index (χ0v) is 28.2. The Bertz CT molecular complexity index is 3070. The molecule has 0 unspecified atom stereocenters.